The van der Waals surface area contributed by atoms with Gasteiger partial charge in [-0.1, -0.05) is 38.7 Å². The van der Waals surface area contributed by atoms with E-state index in [4.69, 9.17) is 4.74 Å². The fourth-order valence-corrected chi connectivity index (χ4v) is 2.05. The average Bonchev–Trinajstić information content (AvgIpc) is 2.27. The third-order valence-electron chi connectivity index (χ3n) is 2.91. The van der Waals surface area contributed by atoms with Crippen molar-refractivity contribution in [2.75, 3.05) is 0 Å². The summed E-state index contributed by atoms with van der Waals surface area (Å²) >= 11 is 0. The molecule has 0 aliphatic carbocycles. The van der Waals surface area contributed by atoms with Crippen molar-refractivity contribution in [2.24, 2.45) is 0 Å². The van der Waals surface area contributed by atoms with Crippen LogP contribution in [0.3, 0.4) is 0 Å². The quantitative estimate of drug-likeness (QED) is 0.401. The maximum Gasteiger partial charge on any atom is 0.311 e. The fourth-order valence-electron chi connectivity index (χ4n) is 2.05. The van der Waals surface area contributed by atoms with Crippen molar-refractivity contribution in [3.8, 4) is 5.75 Å². The van der Waals surface area contributed by atoms with Gasteiger partial charge in [0.15, 0.2) is 0 Å². The maximum atomic E-state index is 11.6. The van der Waals surface area contributed by atoms with Crippen LogP contribution >= 0.6 is 0 Å². The highest BCUT2D eigenvalue weighted by Gasteiger charge is 2.05. The number of benzene rings is 1. The first-order chi connectivity index (χ1) is 8.61. The fraction of sp³-hybridized carbons (Fsp3) is 0.562. The molecule has 0 aromatic heterocycles. The molecular weight excluding hydrogens is 224 g/mol. The molecule has 2 nitrogen and oxygen atoms in total. The monoisotopic (exact) mass is 248 g/mol. The number of carbonyl (C=O) groups is 1. The summed E-state index contributed by atoms with van der Waals surface area (Å²) in [5.74, 6) is 0.558. The van der Waals surface area contributed by atoms with Crippen molar-refractivity contribution in [1.82, 2.24) is 0 Å². The van der Waals surface area contributed by atoms with E-state index in [1.165, 1.54) is 19.3 Å². The van der Waals surface area contributed by atoms with Gasteiger partial charge in [0.2, 0.25) is 0 Å². The van der Waals surface area contributed by atoms with Crippen molar-refractivity contribution >= 4 is 5.97 Å². The van der Waals surface area contributed by atoms with E-state index in [0.29, 0.717) is 12.2 Å². The summed E-state index contributed by atoms with van der Waals surface area (Å²) in [4.78, 5) is 11.6. The molecule has 0 amide bonds. The van der Waals surface area contributed by atoms with Crippen LogP contribution in [-0.4, -0.2) is 5.97 Å². The van der Waals surface area contributed by atoms with E-state index < -0.39 is 0 Å². The molecule has 0 saturated carbocycles. The molecule has 1 rings (SSSR count). The molecular formula is C16H24O2. The highest BCUT2D eigenvalue weighted by atomic mass is 16.5. The number of aryl methyl sites for hydroxylation is 2. The van der Waals surface area contributed by atoms with Crippen LogP contribution < -0.4 is 4.74 Å². The lowest BCUT2D eigenvalue weighted by atomic mass is 10.1. The van der Waals surface area contributed by atoms with E-state index >= 15 is 0 Å². The summed E-state index contributed by atoms with van der Waals surface area (Å²) in [5.41, 5.74) is 2.25. The van der Waals surface area contributed by atoms with E-state index in [9.17, 15) is 4.79 Å². The first-order valence-corrected chi connectivity index (χ1v) is 6.91. The summed E-state index contributed by atoms with van der Waals surface area (Å²) < 4.78 is 5.34. The average molecular weight is 248 g/mol. The van der Waals surface area contributed by atoms with Gasteiger partial charge in [-0.2, -0.15) is 0 Å². The third kappa shape index (κ3) is 5.85. The van der Waals surface area contributed by atoms with Crippen LogP contribution in [0.4, 0.5) is 0 Å². The molecule has 0 N–H and O–H groups in total. The van der Waals surface area contributed by atoms with Gasteiger partial charge in [0.05, 0.1) is 0 Å². The molecule has 0 heterocycles. The van der Waals surface area contributed by atoms with Crippen molar-refractivity contribution < 1.29 is 9.53 Å². The number of esters is 1. The predicted molar refractivity (Wildman–Crippen MR) is 74.9 cm³/mol. The molecule has 0 unspecified atom stereocenters. The Morgan fingerprint density at radius 3 is 2.22 bits per heavy atom. The lowest BCUT2D eigenvalue weighted by molar-refractivity contribution is -0.134. The van der Waals surface area contributed by atoms with Crippen LogP contribution in [0, 0.1) is 13.8 Å². The van der Waals surface area contributed by atoms with Crippen molar-refractivity contribution in [2.45, 2.75) is 59.3 Å². The molecule has 0 fully saturated rings. The zero-order chi connectivity index (χ0) is 13.4. The van der Waals surface area contributed by atoms with Crippen LogP contribution in [0.25, 0.3) is 0 Å². The van der Waals surface area contributed by atoms with Gasteiger partial charge in [0.1, 0.15) is 5.75 Å². The number of unbranched alkanes of at least 4 members (excludes halogenated alkanes) is 4. The van der Waals surface area contributed by atoms with E-state index in [2.05, 4.69) is 13.0 Å². The largest absolute Gasteiger partial charge is 0.427 e. The Kier molecular flexibility index (Phi) is 6.48. The Hall–Kier alpha value is -1.31. The number of ether oxygens (including phenoxy) is 1. The minimum atomic E-state index is -0.114. The Balaban J connectivity index is 2.31. The van der Waals surface area contributed by atoms with Gasteiger partial charge in [-0.3, -0.25) is 4.79 Å². The third-order valence-corrected chi connectivity index (χ3v) is 2.91. The van der Waals surface area contributed by atoms with Gasteiger partial charge in [-0.25, -0.2) is 0 Å². The van der Waals surface area contributed by atoms with Gasteiger partial charge in [0, 0.05) is 6.42 Å². The molecule has 2 heteroatoms. The first kappa shape index (κ1) is 14.7. The topological polar surface area (TPSA) is 26.3 Å². The van der Waals surface area contributed by atoms with E-state index in [0.717, 1.165) is 24.0 Å². The summed E-state index contributed by atoms with van der Waals surface area (Å²) in [7, 11) is 0. The van der Waals surface area contributed by atoms with E-state index in [1.807, 2.05) is 26.0 Å². The van der Waals surface area contributed by atoms with Crippen LogP contribution in [-0.2, 0) is 4.79 Å². The maximum absolute atomic E-state index is 11.6. The van der Waals surface area contributed by atoms with Gasteiger partial charge in [0.25, 0.3) is 0 Å². The van der Waals surface area contributed by atoms with Crippen molar-refractivity contribution in [3.05, 3.63) is 29.3 Å². The summed E-state index contributed by atoms with van der Waals surface area (Å²) in [6.07, 6.45) is 6.28. The van der Waals surface area contributed by atoms with Crippen LogP contribution in [0.5, 0.6) is 5.75 Å². The Labute approximate surface area is 110 Å². The number of carbonyl (C=O) groups excluding carboxylic acids is 1. The summed E-state index contributed by atoms with van der Waals surface area (Å²) in [6, 6.07) is 5.88. The predicted octanol–water partition coefficient (Wildman–Crippen LogP) is 4.57. The second-order valence-corrected chi connectivity index (χ2v) is 4.96. The summed E-state index contributed by atoms with van der Waals surface area (Å²) in [5, 5.41) is 0. The second-order valence-electron chi connectivity index (χ2n) is 4.96. The SMILES string of the molecule is CCCCCCCC(=O)Oc1cc(C)cc(C)c1. The molecule has 0 aliphatic rings. The lowest BCUT2D eigenvalue weighted by Crippen LogP contribution is -2.07. The molecule has 0 saturated heterocycles. The van der Waals surface area contributed by atoms with Gasteiger partial charge >= 0.3 is 5.97 Å². The van der Waals surface area contributed by atoms with E-state index in [1.54, 1.807) is 0 Å². The lowest BCUT2D eigenvalue weighted by Gasteiger charge is -2.06. The first-order valence-electron chi connectivity index (χ1n) is 6.91. The molecule has 0 spiro atoms. The minimum absolute atomic E-state index is 0.114. The Morgan fingerprint density at radius 2 is 1.61 bits per heavy atom. The molecule has 0 radical (unpaired) electrons. The minimum Gasteiger partial charge on any atom is -0.427 e. The van der Waals surface area contributed by atoms with Crippen LogP contribution in [0.15, 0.2) is 18.2 Å². The van der Waals surface area contributed by atoms with E-state index in [-0.39, 0.29) is 5.97 Å². The van der Waals surface area contributed by atoms with Gasteiger partial charge in [-0.15, -0.1) is 0 Å². The molecule has 0 aliphatic heterocycles. The van der Waals surface area contributed by atoms with Crippen molar-refractivity contribution in [1.29, 1.82) is 0 Å². The Bertz CT molecular complexity index is 362. The van der Waals surface area contributed by atoms with Crippen molar-refractivity contribution in [3.63, 3.8) is 0 Å². The van der Waals surface area contributed by atoms with Gasteiger partial charge < -0.3 is 4.74 Å². The molecule has 1 aromatic rings. The highest BCUT2D eigenvalue weighted by Crippen LogP contribution is 2.17. The number of hydrogen-bond acceptors (Lipinski definition) is 2. The molecule has 100 valence electrons. The molecule has 0 bridgehead atoms. The smallest absolute Gasteiger partial charge is 0.311 e. The second kappa shape index (κ2) is 7.91. The molecule has 1 aromatic carbocycles. The van der Waals surface area contributed by atoms with Crippen LogP contribution in [0.1, 0.15) is 56.6 Å². The van der Waals surface area contributed by atoms with Crippen LogP contribution in [0.2, 0.25) is 0 Å². The number of rotatable bonds is 7. The standard InChI is InChI=1S/C16H24O2/c1-4-5-6-7-8-9-16(17)18-15-11-13(2)10-14(3)12-15/h10-12H,4-9H2,1-3H3. The molecule has 18 heavy (non-hydrogen) atoms. The zero-order valence-electron chi connectivity index (χ0n) is 11.8. The highest BCUT2D eigenvalue weighted by molar-refractivity contribution is 5.72. The zero-order valence-corrected chi connectivity index (χ0v) is 11.8. The number of hydrogen-bond donors (Lipinski definition) is 0. The summed E-state index contributed by atoms with van der Waals surface area (Å²) in [6.45, 7) is 6.21. The normalized spacial score (nSPS) is 10.4. The Morgan fingerprint density at radius 1 is 1.00 bits per heavy atom. The van der Waals surface area contributed by atoms with Gasteiger partial charge in [-0.05, 0) is 43.5 Å². The molecule has 0 atom stereocenters.